The lowest BCUT2D eigenvalue weighted by Crippen LogP contribution is -2.37. The first-order chi connectivity index (χ1) is 13.9. The molecule has 0 bridgehead atoms. The molecule has 1 aliphatic heterocycles. The molecule has 0 N–H and O–H groups in total. The topological polar surface area (TPSA) is 82.1 Å². The maximum Gasteiger partial charge on any atom is 0.326 e. The number of hydrogen-bond donors (Lipinski definition) is 0. The number of amides is 2. The van der Waals surface area contributed by atoms with Crippen molar-refractivity contribution in [3.63, 3.8) is 0 Å². The predicted molar refractivity (Wildman–Crippen MR) is 120 cm³/mol. The van der Waals surface area contributed by atoms with E-state index in [1.54, 1.807) is 39.0 Å². The first-order valence-electron chi connectivity index (χ1n) is 9.51. The minimum Gasteiger partial charge on any atom is -0.490 e. The second kappa shape index (κ2) is 9.87. The quantitative estimate of drug-likeness (QED) is 0.384. The molecule has 1 aromatic rings. The lowest BCUT2D eigenvalue weighted by molar-refractivity contribution is -0.156. The minimum atomic E-state index is -0.698. The molecular weight excluding hydrogens is 474 g/mol. The van der Waals surface area contributed by atoms with Gasteiger partial charge in [0.25, 0.3) is 11.1 Å². The Kier molecular flexibility index (Phi) is 7.99. The van der Waals surface area contributed by atoms with Crippen LogP contribution in [0.2, 0.25) is 0 Å². The van der Waals surface area contributed by atoms with Crippen molar-refractivity contribution in [2.75, 3.05) is 13.2 Å². The summed E-state index contributed by atoms with van der Waals surface area (Å²) in [4.78, 5) is 38.1. The molecule has 164 valence electrons. The van der Waals surface area contributed by atoms with Crippen molar-refractivity contribution in [1.29, 1.82) is 0 Å². The van der Waals surface area contributed by atoms with Gasteiger partial charge < -0.3 is 14.2 Å². The molecule has 0 atom stereocenters. The van der Waals surface area contributed by atoms with Crippen molar-refractivity contribution in [1.82, 2.24) is 4.90 Å². The van der Waals surface area contributed by atoms with Gasteiger partial charge in [-0.15, -0.1) is 0 Å². The predicted octanol–water partition coefficient (Wildman–Crippen LogP) is 5.01. The number of nitrogens with zero attached hydrogens (tertiary/aromatic N) is 1. The molecule has 1 heterocycles. The summed E-state index contributed by atoms with van der Waals surface area (Å²) in [5.74, 6) is -0.0723. The summed E-state index contributed by atoms with van der Waals surface area (Å²) < 4.78 is 17.4. The van der Waals surface area contributed by atoms with Crippen molar-refractivity contribution in [3.8, 4) is 11.5 Å². The van der Waals surface area contributed by atoms with Crippen LogP contribution >= 0.6 is 27.7 Å². The highest BCUT2D eigenvalue weighted by molar-refractivity contribution is 9.10. The number of ether oxygens (including phenoxy) is 3. The van der Waals surface area contributed by atoms with Crippen LogP contribution in [0.4, 0.5) is 4.79 Å². The van der Waals surface area contributed by atoms with Crippen molar-refractivity contribution >= 4 is 50.9 Å². The summed E-state index contributed by atoms with van der Waals surface area (Å²) >= 11 is 4.26. The van der Waals surface area contributed by atoms with Crippen LogP contribution in [0.15, 0.2) is 21.5 Å². The molecule has 2 rings (SSSR count). The van der Waals surface area contributed by atoms with Crippen LogP contribution < -0.4 is 9.47 Å². The number of carbonyl (C=O) groups is 3. The Labute approximate surface area is 189 Å². The van der Waals surface area contributed by atoms with Crippen molar-refractivity contribution in [3.05, 3.63) is 27.1 Å². The Balaban J connectivity index is 2.27. The van der Waals surface area contributed by atoms with Crippen LogP contribution in [-0.4, -0.2) is 46.9 Å². The standard InChI is InChI=1S/C21H26BrNO6S/c1-7-27-15-9-13(8-14(22)18(15)28-12(2)3)10-16-19(25)23(20(26)30-16)11-17(24)29-21(4,5)6/h8-10,12H,7,11H2,1-6H3. The lowest BCUT2D eigenvalue weighted by Gasteiger charge is -2.21. The van der Waals surface area contributed by atoms with E-state index in [2.05, 4.69) is 15.9 Å². The number of carbonyl (C=O) groups excluding carboxylic acids is 3. The molecule has 1 fully saturated rings. The van der Waals surface area contributed by atoms with Gasteiger partial charge in [0, 0.05) is 0 Å². The largest absolute Gasteiger partial charge is 0.490 e. The Hall–Kier alpha value is -2.00. The van der Waals surface area contributed by atoms with Gasteiger partial charge in [-0.1, -0.05) is 0 Å². The zero-order chi connectivity index (χ0) is 22.6. The number of esters is 1. The van der Waals surface area contributed by atoms with E-state index >= 15 is 0 Å². The molecule has 0 aromatic heterocycles. The van der Waals surface area contributed by atoms with Gasteiger partial charge in [0.05, 0.1) is 22.1 Å². The maximum atomic E-state index is 12.7. The lowest BCUT2D eigenvalue weighted by atomic mass is 10.1. The van der Waals surface area contributed by atoms with Crippen LogP contribution in [0.25, 0.3) is 6.08 Å². The number of benzene rings is 1. The van der Waals surface area contributed by atoms with E-state index in [0.29, 0.717) is 28.1 Å². The summed E-state index contributed by atoms with van der Waals surface area (Å²) in [5.41, 5.74) is -0.0413. The average molecular weight is 500 g/mol. The van der Waals surface area contributed by atoms with Gasteiger partial charge >= 0.3 is 5.97 Å². The molecule has 30 heavy (non-hydrogen) atoms. The fourth-order valence-corrected chi connectivity index (χ4v) is 3.97. The zero-order valence-corrected chi connectivity index (χ0v) is 20.3. The third kappa shape index (κ3) is 6.50. The van der Waals surface area contributed by atoms with Crippen molar-refractivity contribution in [2.24, 2.45) is 0 Å². The molecule has 1 aliphatic rings. The van der Waals surface area contributed by atoms with Crippen LogP contribution in [0.1, 0.15) is 47.1 Å². The van der Waals surface area contributed by atoms with Gasteiger partial charge in [-0.3, -0.25) is 19.3 Å². The molecule has 0 saturated carbocycles. The highest BCUT2D eigenvalue weighted by atomic mass is 79.9. The third-order valence-electron chi connectivity index (χ3n) is 3.56. The van der Waals surface area contributed by atoms with Crippen molar-refractivity contribution in [2.45, 2.75) is 53.2 Å². The molecule has 0 spiro atoms. The number of halogens is 1. The van der Waals surface area contributed by atoms with E-state index in [-0.39, 0.29) is 11.0 Å². The van der Waals surface area contributed by atoms with Crippen molar-refractivity contribution < 1.29 is 28.6 Å². The van der Waals surface area contributed by atoms with Gasteiger partial charge in [-0.05, 0) is 93.0 Å². The summed E-state index contributed by atoms with van der Waals surface area (Å²) in [5, 5.41) is -0.513. The molecular formula is C21H26BrNO6S. The Morgan fingerprint density at radius 1 is 1.27 bits per heavy atom. The smallest absolute Gasteiger partial charge is 0.326 e. The molecule has 0 aliphatic carbocycles. The van der Waals surface area contributed by atoms with Gasteiger partial charge in [-0.25, -0.2) is 0 Å². The van der Waals surface area contributed by atoms with E-state index in [9.17, 15) is 14.4 Å². The highest BCUT2D eigenvalue weighted by Crippen LogP contribution is 2.39. The van der Waals surface area contributed by atoms with Gasteiger partial charge in [-0.2, -0.15) is 0 Å². The van der Waals surface area contributed by atoms with E-state index in [1.165, 1.54) is 0 Å². The van der Waals surface area contributed by atoms with Crippen LogP contribution in [0.3, 0.4) is 0 Å². The molecule has 2 amide bonds. The number of thioether (sulfide) groups is 1. The molecule has 1 saturated heterocycles. The minimum absolute atomic E-state index is 0.0456. The zero-order valence-electron chi connectivity index (χ0n) is 17.9. The average Bonchev–Trinajstić information content (AvgIpc) is 2.84. The number of imide groups is 1. The van der Waals surface area contributed by atoms with Crippen LogP contribution in [0.5, 0.6) is 11.5 Å². The fraction of sp³-hybridized carbons (Fsp3) is 0.476. The number of hydrogen-bond acceptors (Lipinski definition) is 7. The van der Waals surface area contributed by atoms with Crippen LogP contribution in [0, 0.1) is 0 Å². The normalized spacial score (nSPS) is 15.9. The van der Waals surface area contributed by atoms with E-state index in [0.717, 1.165) is 16.7 Å². The summed E-state index contributed by atoms with van der Waals surface area (Å²) in [7, 11) is 0. The monoisotopic (exact) mass is 499 g/mol. The Bertz CT molecular complexity index is 875. The molecule has 9 heteroatoms. The Morgan fingerprint density at radius 3 is 2.50 bits per heavy atom. The van der Waals surface area contributed by atoms with Gasteiger partial charge in [0.15, 0.2) is 11.5 Å². The first-order valence-corrected chi connectivity index (χ1v) is 11.1. The summed E-state index contributed by atoms with van der Waals surface area (Å²) in [6.45, 7) is 10.9. The Morgan fingerprint density at radius 2 is 1.93 bits per heavy atom. The maximum absolute atomic E-state index is 12.7. The first kappa shape index (κ1) is 24.3. The summed E-state index contributed by atoms with van der Waals surface area (Å²) in [6, 6.07) is 3.52. The fourth-order valence-electron chi connectivity index (χ4n) is 2.57. The molecule has 7 nitrogen and oxygen atoms in total. The van der Waals surface area contributed by atoms with E-state index in [4.69, 9.17) is 14.2 Å². The molecule has 1 aromatic carbocycles. The highest BCUT2D eigenvalue weighted by Gasteiger charge is 2.37. The van der Waals surface area contributed by atoms with E-state index in [1.807, 2.05) is 20.8 Å². The van der Waals surface area contributed by atoms with E-state index < -0.39 is 29.3 Å². The second-order valence-electron chi connectivity index (χ2n) is 7.78. The summed E-state index contributed by atoms with van der Waals surface area (Å²) in [6.07, 6.45) is 1.54. The van der Waals surface area contributed by atoms with Gasteiger partial charge in [0.2, 0.25) is 0 Å². The molecule has 0 radical (unpaired) electrons. The number of rotatable bonds is 7. The SMILES string of the molecule is CCOc1cc(C=C2SC(=O)N(CC(=O)OC(C)(C)C)C2=O)cc(Br)c1OC(C)C. The second-order valence-corrected chi connectivity index (χ2v) is 9.63. The molecule has 0 unspecified atom stereocenters. The van der Waals surface area contributed by atoms with Gasteiger partial charge in [0.1, 0.15) is 12.1 Å². The van der Waals surface area contributed by atoms with Crippen LogP contribution in [-0.2, 0) is 14.3 Å². The third-order valence-corrected chi connectivity index (χ3v) is 5.06.